The third kappa shape index (κ3) is 6.42. The molecular weight excluding hydrogens is 392 g/mol. The summed E-state index contributed by atoms with van der Waals surface area (Å²) >= 11 is 0. The molecule has 0 unspecified atom stereocenters. The molecule has 31 heavy (non-hydrogen) atoms. The number of carbonyl (C=O) groups is 2. The van der Waals surface area contributed by atoms with Crippen molar-refractivity contribution >= 4 is 17.6 Å². The van der Waals surface area contributed by atoms with Crippen molar-refractivity contribution in [2.45, 2.75) is 13.5 Å². The monoisotopic (exact) mass is 420 g/mol. The summed E-state index contributed by atoms with van der Waals surface area (Å²) in [5.41, 5.74) is 3.96. The SMILES string of the molecule is Cc1ccnn1-c1cccc(NC(=O)NCc2cccc(C(=O)NCCN(C)C)c2)c1. The zero-order chi connectivity index (χ0) is 22.2. The van der Waals surface area contributed by atoms with Gasteiger partial charge in [0.1, 0.15) is 0 Å². The van der Waals surface area contributed by atoms with Crippen molar-refractivity contribution in [2.75, 3.05) is 32.5 Å². The van der Waals surface area contributed by atoms with Gasteiger partial charge in [-0.05, 0) is 63.0 Å². The largest absolute Gasteiger partial charge is 0.351 e. The van der Waals surface area contributed by atoms with Crippen LogP contribution in [0.1, 0.15) is 21.6 Å². The molecule has 8 heteroatoms. The summed E-state index contributed by atoms with van der Waals surface area (Å²) in [4.78, 5) is 26.6. The van der Waals surface area contributed by atoms with Gasteiger partial charge < -0.3 is 20.9 Å². The summed E-state index contributed by atoms with van der Waals surface area (Å²) in [6.45, 7) is 3.63. The van der Waals surface area contributed by atoms with Gasteiger partial charge in [-0.3, -0.25) is 4.79 Å². The molecule has 0 aliphatic rings. The van der Waals surface area contributed by atoms with E-state index in [1.807, 2.05) is 68.4 Å². The van der Waals surface area contributed by atoms with Gasteiger partial charge in [0, 0.05) is 42.8 Å². The van der Waals surface area contributed by atoms with Crippen LogP contribution in [-0.2, 0) is 6.54 Å². The molecule has 0 bridgehead atoms. The number of carbonyl (C=O) groups excluding carboxylic acids is 2. The molecule has 3 N–H and O–H groups in total. The number of hydrogen-bond acceptors (Lipinski definition) is 4. The Kier molecular flexibility index (Phi) is 7.40. The Morgan fingerprint density at radius 2 is 1.84 bits per heavy atom. The summed E-state index contributed by atoms with van der Waals surface area (Å²) in [6, 6.07) is 16.3. The maximum atomic E-state index is 12.3. The van der Waals surface area contributed by atoms with Crippen molar-refractivity contribution in [1.29, 1.82) is 0 Å². The van der Waals surface area contributed by atoms with Gasteiger partial charge in [-0.1, -0.05) is 18.2 Å². The fourth-order valence-corrected chi connectivity index (χ4v) is 3.03. The molecule has 162 valence electrons. The number of likely N-dealkylation sites (N-methyl/N-ethyl adjacent to an activating group) is 1. The van der Waals surface area contributed by atoms with E-state index < -0.39 is 0 Å². The molecule has 0 spiro atoms. The van der Waals surface area contributed by atoms with Crippen LogP contribution < -0.4 is 16.0 Å². The van der Waals surface area contributed by atoms with Crippen LogP contribution in [0.2, 0.25) is 0 Å². The standard InChI is InChI=1S/C23H28N6O2/c1-17-10-11-26-29(17)21-9-5-8-20(15-21)27-23(31)25-16-18-6-4-7-19(14-18)22(30)24-12-13-28(2)3/h4-11,14-15H,12-13,16H2,1-3H3,(H,24,30)(H2,25,27,31). The lowest BCUT2D eigenvalue weighted by atomic mass is 10.1. The number of hydrogen-bond donors (Lipinski definition) is 3. The predicted molar refractivity (Wildman–Crippen MR) is 121 cm³/mol. The van der Waals surface area contributed by atoms with Gasteiger partial charge in [0.25, 0.3) is 5.91 Å². The Bertz CT molecular complexity index is 1040. The summed E-state index contributed by atoms with van der Waals surface area (Å²) in [5, 5.41) is 12.8. The molecule has 3 aromatic rings. The molecule has 0 saturated carbocycles. The van der Waals surface area contributed by atoms with Crippen molar-refractivity contribution in [3.05, 3.63) is 77.6 Å². The molecular formula is C23H28N6O2. The smallest absolute Gasteiger partial charge is 0.319 e. The van der Waals surface area contributed by atoms with Gasteiger partial charge in [-0.2, -0.15) is 5.10 Å². The van der Waals surface area contributed by atoms with Crippen molar-refractivity contribution < 1.29 is 9.59 Å². The van der Waals surface area contributed by atoms with Crippen LogP contribution in [0.4, 0.5) is 10.5 Å². The van der Waals surface area contributed by atoms with Crippen LogP contribution in [0, 0.1) is 6.92 Å². The van der Waals surface area contributed by atoms with E-state index >= 15 is 0 Å². The number of nitrogens with zero attached hydrogens (tertiary/aromatic N) is 3. The van der Waals surface area contributed by atoms with E-state index in [0.717, 1.165) is 23.5 Å². The number of aryl methyl sites for hydroxylation is 1. The molecule has 1 aromatic heterocycles. The van der Waals surface area contributed by atoms with E-state index in [1.54, 1.807) is 23.0 Å². The van der Waals surface area contributed by atoms with Crippen molar-refractivity contribution in [3.8, 4) is 5.69 Å². The fourth-order valence-electron chi connectivity index (χ4n) is 3.03. The van der Waals surface area contributed by atoms with Gasteiger partial charge in [-0.25, -0.2) is 9.48 Å². The Morgan fingerprint density at radius 1 is 1.03 bits per heavy atom. The maximum Gasteiger partial charge on any atom is 0.319 e. The van der Waals surface area contributed by atoms with E-state index in [0.29, 0.717) is 24.3 Å². The Morgan fingerprint density at radius 3 is 2.58 bits per heavy atom. The number of nitrogens with one attached hydrogen (secondary N) is 3. The van der Waals surface area contributed by atoms with Gasteiger partial charge in [-0.15, -0.1) is 0 Å². The maximum absolute atomic E-state index is 12.3. The van der Waals surface area contributed by atoms with Crippen molar-refractivity contribution in [2.24, 2.45) is 0 Å². The highest BCUT2D eigenvalue weighted by atomic mass is 16.2. The minimum Gasteiger partial charge on any atom is -0.351 e. The average molecular weight is 421 g/mol. The molecule has 0 saturated heterocycles. The Hall–Kier alpha value is -3.65. The molecule has 3 amide bonds. The summed E-state index contributed by atoms with van der Waals surface area (Å²) in [5.74, 6) is -0.126. The van der Waals surface area contributed by atoms with Crippen LogP contribution in [0.3, 0.4) is 0 Å². The molecule has 3 rings (SSSR count). The number of urea groups is 1. The first-order valence-corrected chi connectivity index (χ1v) is 10.1. The average Bonchev–Trinajstić information content (AvgIpc) is 3.18. The van der Waals surface area contributed by atoms with Crippen LogP contribution in [0.15, 0.2) is 60.8 Å². The summed E-state index contributed by atoms with van der Waals surface area (Å²) < 4.78 is 1.80. The third-order valence-corrected chi connectivity index (χ3v) is 4.67. The van der Waals surface area contributed by atoms with Crippen LogP contribution in [-0.4, -0.2) is 53.8 Å². The Balaban J connectivity index is 1.54. The Labute approximate surface area is 182 Å². The third-order valence-electron chi connectivity index (χ3n) is 4.67. The first-order valence-electron chi connectivity index (χ1n) is 10.1. The lowest BCUT2D eigenvalue weighted by Crippen LogP contribution is -2.31. The second-order valence-electron chi connectivity index (χ2n) is 7.50. The molecule has 0 aliphatic carbocycles. The van der Waals surface area contributed by atoms with E-state index in [2.05, 4.69) is 21.0 Å². The van der Waals surface area contributed by atoms with Crippen LogP contribution in [0.5, 0.6) is 0 Å². The first-order chi connectivity index (χ1) is 14.9. The van der Waals surface area contributed by atoms with Crippen LogP contribution >= 0.6 is 0 Å². The second-order valence-corrected chi connectivity index (χ2v) is 7.50. The zero-order valence-corrected chi connectivity index (χ0v) is 18.1. The molecule has 0 aliphatic heterocycles. The van der Waals surface area contributed by atoms with E-state index in [-0.39, 0.29) is 11.9 Å². The second kappa shape index (κ2) is 10.4. The molecule has 0 fully saturated rings. The number of amides is 3. The first kappa shape index (κ1) is 22.0. The summed E-state index contributed by atoms with van der Waals surface area (Å²) in [6.07, 6.45) is 1.73. The van der Waals surface area contributed by atoms with E-state index in [9.17, 15) is 9.59 Å². The van der Waals surface area contributed by atoms with Crippen LogP contribution in [0.25, 0.3) is 5.69 Å². The quantitative estimate of drug-likeness (QED) is 0.523. The number of anilines is 1. The predicted octanol–water partition coefficient (Wildman–Crippen LogP) is 2.79. The highest BCUT2D eigenvalue weighted by molar-refractivity contribution is 5.94. The molecule has 0 atom stereocenters. The highest BCUT2D eigenvalue weighted by Gasteiger charge is 2.08. The van der Waals surface area contributed by atoms with Gasteiger partial charge in [0.05, 0.1) is 5.69 Å². The van der Waals surface area contributed by atoms with Gasteiger partial charge in [0.15, 0.2) is 0 Å². The normalized spacial score (nSPS) is 10.7. The molecule has 0 radical (unpaired) electrons. The van der Waals surface area contributed by atoms with Gasteiger partial charge in [0.2, 0.25) is 0 Å². The summed E-state index contributed by atoms with van der Waals surface area (Å²) in [7, 11) is 3.91. The zero-order valence-electron chi connectivity index (χ0n) is 18.1. The lowest BCUT2D eigenvalue weighted by Gasteiger charge is -2.12. The molecule has 8 nitrogen and oxygen atoms in total. The lowest BCUT2D eigenvalue weighted by molar-refractivity contribution is 0.0951. The number of rotatable bonds is 8. The minimum absolute atomic E-state index is 0.126. The molecule has 2 aromatic carbocycles. The molecule has 1 heterocycles. The topological polar surface area (TPSA) is 91.3 Å². The van der Waals surface area contributed by atoms with E-state index in [1.165, 1.54) is 0 Å². The number of benzene rings is 2. The van der Waals surface area contributed by atoms with Crippen molar-refractivity contribution in [1.82, 2.24) is 25.3 Å². The number of aromatic nitrogens is 2. The minimum atomic E-state index is -0.324. The van der Waals surface area contributed by atoms with Gasteiger partial charge >= 0.3 is 6.03 Å². The van der Waals surface area contributed by atoms with Crippen molar-refractivity contribution in [3.63, 3.8) is 0 Å². The van der Waals surface area contributed by atoms with E-state index in [4.69, 9.17) is 0 Å². The highest BCUT2D eigenvalue weighted by Crippen LogP contribution is 2.15. The fraction of sp³-hybridized carbons (Fsp3) is 0.261.